The first-order chi connectivity index (χ1) is 10.2. The Balaban J connectivity index is 1.67. The molecule has 0 radical (unpaired) electrons. The van der Waals surface area contributed by atoms with Crippen molar-refractivity contribution in [2.75, 3.05) is 19.6 Å². The molecule has 1 aliphatic heterocycles. The number of carbonyl (C=O) groups excluding carboxylic acids is 1. The van der Waals surface area contributed by atoms with E-state index in [4.69, 9.17) is 0 Å². The first kappa shape index (κ1) is 13.0. The van der Waals surface area contributed by atoms with Crippen LogP contribution in [0.1, 0.15) is 22.7 Å². The summed E-state index contributed by atoms with van der Waals surface area (Å²) in [6, 6.07) is 0. The number of piperazine rings is 1. The van der Waals surface area contributed by atoms with Crippen LogP contribution in [-0.4, -0.2) is 35.5 Å². The highest BCUT2D eigenvalue weighted by Crippen LogP contribution is 2.34. The number of nitrogens with one attached hydrogen (secondary N) is 3. The smallest absolute Gasteiger partial charge is 0.275 e. The molecule has 1 saturated heterocycles. The quantitative estimate of drug-likeness (QED) is 0.665. The van der Waals surface area contributed by atoms with Crippen molar-refractivity contribution in [2.45, 2.75) is 25.8 Å². The molecule has 3 heterocycles. The van der Waals surface area contributed by atoms with E-state index in [1.807, 2.05) is 0 Å². The third kappa shape index (κ3) is 2.26. The van der Waals surface area contributed by atoms with Gasteiger partial charge in [-0.25, -0.2) is 4.98 Å². The van der Waals surface area contributed by atoms with Gasteiger partial charge in [-0.1, -0.05) is 0 Å². The van der Waals surface area contributed by atoms with Gasteiger partial charge in [0.25, 0.3) is 11.5 Å². The van der Waals surface area contributed by atoms with Crippen LogP contribution in [0.3, 0.4) is 0 Å². The van der Waals surface area contributed by atoms with Crippen molar-refractivity contribution in [1.29, 1.82) is 0 Å². The number of quaternary nitrogens is 1. The second-order valence-corrected chi connectivity index (χ2v) is 6.84. The molecule has 4 rings (SSSR count). The highest BCUT2D eigenvalue weighted by Gasteiger charge is 2.24. The molecule has 1 amide bonds. The van der Waals surface area contributed by atoms with E-state index >= 15 is 0 Å². The first-order valence-electron chi connectivity index (χ1n) is 7.34. The van der Waals surface area contributed by atoms with E-state index in [0.29, 0.717) is 25.5 Å². The van der Waals surface area contributed by atoms with Gasteiger partial charge in [-0.05, 0) is 24.8 Å². The van der Waals surface area contributed by atoms with Crippen molar-refractivity contribution in [3.63, 3.8) is 0 Å². The number of hydrogen-bond acceptors (Lipinski definition) is 4. The van der Waals surface area contributed by atoms with E-state index < -0.39 is 0 Å². The predicted octanol–water partition coefficient (Wildman–Crippen LogP) is -1.01. The van der Waals surface area contributed by atoms with E-state index in [-0.39, 0.29) is 11.5 Å². The largest absolute Gasteiger partial charge is 0.346 e. The maximum Gasteiger partial charge on any atom is 0.275 e. The number of fused-ring (bicyclic) bond motifs is 3. The van der Waals surface area contributed by atoms with E-state index in [0.717, 1.165) is 40.9 Å². The monoisotopic (exact) mass is 305 g/mol. The Kier molecular flexibility index (Phi) is 3.04. The summed E-state index contributed by atoms with van der Waals surface area (Å²) in [6.45, 7) is 2.60. The van der Waals surface area contributed by atoms with Gasteiger partial charge in [-0.15, -0.1) is 11.3 Å². The topological polar surface area (TPSA) is 79.3 Å². The van der Waals surface area contributed by atoms with Crippen LogP contribution in [0.5, 0.6) is 0 Å². The summed E-state index contributed by atoms with van der Waals surface area (Å²) in [6.07, 6.45) is 3.21. The van der Waals surface area contributed by atoms with Crippen LogP contribution in [-0.2, 0) is 24.2 Å². The summed E-state index contributed by atoms with van der Waals surface area (Å²) in [5.74, 6) is 0.756. The van der Waals surface area contributed by atoms with Crippen molar-refractivity contribution in [3.05, 3.63) is 26.6 Å². The Morgan fingerprint density at radius 3 is 3.05 bits per heavy atom. The third-order valence-corrected chi connectivity index (χ3v) is 5.44. The molecular weight excluding hydrogens is 288 g/mol. The minimum absolute atomic E-state index is 0.0183. The molecule has 1 unspecified atom stereocenters. The summed E-state index contributed by atoms with van der Waals surface area (Å²) in [4.78, 5) is 34.6. The van der Waals surface area contributed by atoms with Gasteiger partial charge < -0.3 is 15.2 Å². The number of aromatic amines is 1. The highest BCUT2D eigenvalue weighted by molar-refractivity contribution is 7.18. The number of thiophene rings is 1. The van der Waals surface area contributed by atoms with Gasteiger partial charge in [0.1, 0.15) is 11.4 Å². The normalized spacial score (nSPS) is 21.5. The lowest BCUT2D eigenvalue weighted by atomic mass is 10.2. The summed E-state index contributed by atoms with van der Waals surface area (Å²) in [5.41, 5.74) is 1.19. The Bertz CT molecular complexity index is 779. The average molecular weight is 305 g/mol. The predicted molar refractivity (Wildman–Crippen MR) is 79.7 cm³/mol. The number of hydrogen-bond donors (Lipinski definition) is 3. The van der Waals surface area contributed by atoms with E-state index in [1.54, 1.807) is 11.3 Å². The second kappa shape index (κ2) is 4.92. The Morgan fingerprint density at radius 2 is 2.19 bits per heavy atom. The average Bonchev–Trinajstić information content (AvgIpc) is 2.98. The van der Waals surface area contributed by atoms with Crippen LogP contribution in [0, 0.1) is 0 Å². The lowest BCUT2D eigenvalue weighted by molar-refractivity contribution is -0.907. The molecule has 2 aromatic rings. The molecule has 1 aliphatic carbocycles. The maximum absolute atomic E-state index is 12.3. The van der Waals surface area contributed by atoms with Gasteiger partial charge in [0, 0.05) is 4.88 Å². The Hall–Kier alpha value is -1.73. The number of amides is 1. The first-order valence-corrected chi connectivity index (χ1v) is 8.16. The van der Waals surface area contributed by atoms with Gasteiger partial charge in [-0.3, -0.25) is 9.59 Å². The third-order valence-electron chi connectivity index (χ3n) is 4.25. The van der Waals surface area contributed by atoms with Gasteiger partial charge >= 0.3 is 0 Å². The van der Waals surface area contributed by atoms with Gasteiger partial charge in [0.15, 0.2) is 12.4 Å². The molecule has 2 aromatic heterocycles. The van der Waals surface area contributed by atoms with Crippen molar-refractivity contribution in [1.82, 2.24) is 15.3 Å². The van der Waals surface area contributed by atoms with Crippen LogP contribution >= 0.6 is 11.3 Å². The number of H-pyrrole nitrogens is 1. The number of carbonyl (C=O) groups is 1. The minimum atomic E-state index is -0.0183. The van der Waals surface area contributed by atoms with Gasteiger partial charge in [0.05, 0.1) is 18.5 Å². The molecule has 3 N–H and O–H groups in total. The molecule has 21 heavy (non-hydrogen) atoms. The van der Waals surface area contributed by atoms with Crippen molar-refractivity contribution < 1.29 is 9.69 Å². The number of rotatable bonds is 2. The molecule has 6 nitrogen and oxygen atoms in total. The molecule has 0 bridgehead atoms. The Labute approximate surface area is 125 Å². The van der Waals surface area contributed by atoms with Crippen LogP contribution in [0.25, 0.3) is 10.2 Å². The number of nitrogens with zero attached hydrogens (tertiary/aromatic N) is 1. The number of aromatic nitrogens is 2. The molecule has 0 aromatic carbocycles. The van der Waals surface area contributed by atoms with Crippen molar-refractivity contribution >= 4 is 27.5 Å². The summed E-state index contributed by atoms with van der Waals surface area (Å²) in [7, 11) is 0. The molecule has 1 atom stereocenters. The zero-order valence-corrected chi connectivity index (χ0v) is 12.4. The lowest BCUT2D eigenvalue weighted by Crippen LogP contribution is -3.14. The summed E-state index contributed by atoms with van der Waals surface area (Å²) >= 11 is 1.66. The fraction of sp³-hybridized carbons (Fsp3) is 0.500. The van der Waals surface area contributed by atoms with Crippen LogP contribution in [0.4, 0.5) is 0 Å². The van der Waals surface area contributed by atoms with Crippen molar-refractivity contribution in [3.8, 4) is 0 Å². The van der Waals surface area contributed by atoms with E-state index in [1.165, 1.54) is 10.4 Å². The van der Waals surface area contributed by atoms with E-state index in [2.05, 4.69) is 15.3 Å². The lowest BCUT2D eigenvalue weighted by Gasteiger charge is -2.22. The molecular formula is C14H17N4O2S+. The Morgan fingerprint density at radius 1 is 1.29 bits per heavy atom. The highest BCUT2D eigenvalue weighted by atomic mass is 32.1. The van der Waals surface area contributed by atoms with Crippen LogP contribution < -0.4 is 15.8 Å². The second-order valence-electron chi connectivity index (χ2n) is 5.75. The van der Waals surface area contributed by atoms with Gasteiger partial charge in [-0.2, -0.15) is 0 Å². The van der Waals surface area contributed by atoms with Crippen molar-refractivity contribution in [2.24, 2.45) is 0 Å². The molecule has 7 heteroatoms. The zero-order valence-electron chi connectivity index (χ0n) is 11.6. The SMILES string of the molecule is O=C1C[NH+](Cc2nc3sc4c(c3c(=O)[nH]2)CCC4)CCN1. The van der Waals surface area contributed by atoms with Crippen LogP contribution in [0.2, 0.25) is 0 Å². The molecule has 0 saturated carbocycles. The van der Waals surface area contributed by atoms with Gasteiger partial charge in [0.2, 0.25) is 0 Å². The summed E-state index contributed by atoms with van der Waals surface area (Å²) < 4.78 is 0. The number of aryl methyl sites for hydroxylation is 2. The minimum Gasteiger partial charge on any atom is -0.346 e. The molecule has 110 valence electrons. The van der Waals surface area contributed by atoms with E-state index in [9.17, 15) is 9.59 Å². The maximum atomic E-state index is 12.3. The van der Waals surface area contributed by atoms with Crippen LogP contribution in [0.15, 0.2) is 4.79 Å². The molecule has 0 spiro atoms. The standard InChI is InChI=1S/C14H16N4O2S/c19-11-7-18(5-4-15-11)6-10-16-13(20)12-8-2-1-3-9(8)21-14(12)17-10/h1-7H2,(H,15,19)(H,16,17,20)/p+1. The molecule has 1 fully saturated rings. The fourth-order valence-electron chi connectivity index (χ4n) is 3.27. The zero-order chi connectivity index (χ0) is 14.4. The fourth-order valence-corrected chi connectivity index (χ4v) is 4.56. The molecule has 2 aliphatic rings. The summed E-state index contributed by atoms with van der Waals surface area (Å²) in [5, 5.41) is 3.61.